The smallest absolute Gasteiger partial charge is 0.313 e. The largest absolute Gasteiger partial charge is 0.508 e. The molecule has 0 aromatic heterocycles. The topological polar surface area (TPSA) is 208 Å². The zero-order valence-corrected chi connectivity index (χ0v) is 17.0. The van der Waals surface area contributed by atoms with Gasteiger partial charge >= 0.3 is 5.97 Å². The summed E-state index contributed by atoms with van der Waals surface area (Å²) >= 11 is 0. The molecule has 0 atom stereocenters. The molecule has 3 rings (SSSR count). The first-order valence-corrected chi connectivity index (χ1v) is 10.2. The highest BCUT2D eigenvalue weighted by Gasteiger charge is 2.47. The summed E-state index contributed by atoms with van der Waals surface area (Å²) < 4.78 is 5.44. The van der Waals surface area contributed by atoms with Gasteiger partial charge in [-0.2, -0.15) is 0 Å². The predicted molar refractivity (Wildman–Crippen MR) is 108 cm³/mol. The molecule has 0 radical (unpaired) electrons. The van der Waals surface area contributed by atoms with E-state index in [0.29, 0.717) is 0 Å². The Balaban J connectivity index is 2.67. The number of hydrogen-bond donors (Lipinski definition) is 9. The first-order chi connectivity index (χ1) is 14.9. The average Bonchev–Trinajstić information content (AvgIpc) is 2.57. The van der Waals surface area contributed by atoms with Crippen LogP contribution in [-0.2, 0) is 8.98 Å². The molecule has 0 fully saturated rings. The zero-order valence-electron chi connectivity index (χ0n) is 16.2. The van der Waals surface area contributed by atoms with Gasteiger partial charge in [0.05, 0.1) is 0 Å². The third-order valence-corrected chi connectivity index (χ3v) is 7.67. The van der Waals surface area contributed by atoms with Gasteiger partial charge in [0.15, 0.2) is 0 Å². The van der Waals surface area contributed by atoms with Crippen molar-refractivity contribution in [2.45, 2.75) is 21.6 Å². The molecule has 0 bridgehead atoms. The summed E-state index contributed by atoms with van der Waals surface area (Å²) in [5, 5.41) is 92.8. The van der Waals surface area contributed by atoms with E-state index in [9.17, 15) is 50.8 Å². The lowest BCUT2D eigenvalue weighted by Crippen LogP contribution is -2.13. The van der Waals surface area contributed by atoms with Crippen LogP contribution < -0.4 is 0 Å². The molecule has 0 aliphatic carbocycles. The van der Waals surface area contributed by atoms with E-state index in [1.807, 2.05) is 0 Å². The Bertz CT molecular complexity index is 1030. The molecular weight excluding hydrogens is 448 g/mol. The molecule has 0 amide bonds. The molecule has 0 saturated heterocycles. The second-order valence-electron chi connectivity index (χ2n) is 6.57. The van der Waals surface area contributed by atoms with E-state index in [4.69, 9.17) is 4.18 Å². The lowest BCUT2D eigenvalue weighted by atomic mass is 10.3. The molecule has 0 heterocycles. The van der Waals surface area contributed by atoms with Gasteiger partial charge in [0.1, 0.15) is 66.4 Å². The SMILES string of the molecule is CC(=O)OS(c1c(O)cc(O)cc1O)(c1c(O)cc(O)cc1O)c1c(O)cc(O)cc1O. The molecule has 3 aromatic rings. The monoisotopic (exact) mass is 466 g/mol. The first-order valence-electron chi connectivity index (χ1n) is 8.66. The zero-order chi connectivity index (χ0) is 24.0. The molecule has 3 aromatic carbocycles. The Labute approximate surface area is 181 Å². The van der Waals surface area contributed by atoms with Crippen LogP contribution >= 0.6 is 10.3 Å². The van der Waals surface area contributed by atoms with Gasteiger partial charge in [-0.05, 0) is 0 Å². The van der Waals surface area contributed by atoms with Gasteiger partial charge in [0.2, 0.25) is 0 Å². The highest BCUT2D eigenvalue weighted by atomic mass is 32.3. The fourth-order valence-electron chi connectivity index (χ4n) is 3.24. The number of carbonyl (C=O) groups excluding carboxylic acids is 1. The standard InChI is InChI=1S/C20H18O11S/c1-8(21)31-32(18-12(25)2-9(22)3-13(18)26,19-14(27)4-10(23)5-15(19)28)20-16(29)6-11(24)7-17(20)30/h2-7,22-30H,1H3. The van der Waals surface area contributed by atoms with E-state index < -0.39 is 82.7 Å². The summed E-state index contributed by atoms with van der Waals surface area (Å²) in [6.45, 7) is 0.902. The highest BCUT2D eigenvalue weighted by molar-refractivity contribution is 8.30. The first kappa shape index (κ1) is 22.4. The Morgan fingerprint density at radius 1 is 0.562 bits per heavy atom. The summed E-state index contributed by atoms with van der Waals surface area (Å²) in [4.78, 5) is 10.1. The summed E-state index contributed by atoms with van der Waals surface area (Å²) in [6.07, 6.45) is 0. The number of rotatable bonds is 4. The van der Waals surface area contributed by atoms with Gasteiger partial charge < -0.3 is 50.1 Å². The van der Waals surface area contributed by atoms with Crippen LogP contribution in [0.2, 0.25) is 0 Å². The van der Waals surface area contributed by atoms with E-state index in [0.717, 1.165) is 43.3 Å². The summed E-state index contributed by atoms with van der Waals surface area (Å²) in [5.74, 6) is -8.37. The van der Waals surface area contributed by atoms with Crippen molar-refractivity contribution in [1.29, 1.82) is 0 Å². The molecule has 0 saturated carbocycles. The van der Waals surface area contributed by atoms with Crippen LogP contribution in [0.3, 0.4) is 0 Å². The van der Waals surface area contributed by atoms with Crippen LogP contribution in [0.5, 0.6) is 51.7 Å². The third-order valence-electron chi connectivity index (χ3n) is 4.21. The van der Waals surface area contributed by atoms with E-state index >= 15 is 0 Å². The number of hydrogen-bond acceptors (Lipinski definition) is 11. The maximum atomic E-state index is 12.2. The van der Waals surface area contributed by atoms with E-state index in [1.165, 1.54) is 0 Å². The van der Waals surface area contributed by atoms with Crippen LogP contribution in [0.4, 0.5) is 0 Å². The lowest BCUT2D eigenvalue weighted by molar-refractivity contribution is -0.131. The molecule has 9 N–H and O–H groups in total. The molecule has 0 spiro atoms. The maximum Gasteiger partial charge on any atom is 0.313 e. The number of phenolic OH excluding ortho intramolecular Hbond substituents is 9. The molecule has 0 aliphatic rings. The van der Waals surface area contributed by atoms with Crippen molar-refractivity contribution in [2.75, 3.05) is 0 Å². The second kappa shape index (κ2) is 7.74. The number of aromatic hydroxyl groups is 9. The van der Waals surface area contributed by atoms with E-state index in [2.05, 4.69) is 0 Å². The van der Waals surface area contributed by atoms with Crippen LogP contribution in [0.15, 0.2) is 51.1 Å². The van der Waals surface area contributed by atoms with Crippen molar-refractivity contribution >= 4 is 16.3 Å². The summed E-state index contributed by atoms with van der Waals surface area (Å²) in [6, 6.07) is 4.44. The minimum absolute atomic E-state index is 0.613. The summed E-state index contributed by atoms with van der Waals surface area (Å²) in [7, 11) is -4.15. The maximum absolute atomic E-state index is 12.2. The number of carbonyl (C=O) groups is 1. The molecule has 0 aliphatic heterocycles. The minimum atomic E-state index is -4.15. The Hall–Kier alpha value is -4.32. The summed E-state index contributed by atoms with van der Waals surface area (Å²) in [5.41, 5.74) is 0. The van der Waals surface area contributed by atoms with Gasteiger partial charge in [-0.1, -0.05) is 0 Å². The quantitative estimate of drug-likeness (QED) is 0.273. The normalized spacial score (nSPS) is 11.8. The van der Waals surface area contributed by atoms with Gasteiger partial charge in [0, 0.05) is 53.6 Å². The minimum Gasteiger partial charge on any atom is -0.508 e. The van der Waals surface area contributed by atoms with Crippen LogP contribution in [0, 0.1) is 0 Å². The number of phenols is 9. The molecular formula is C20H18O11S. The second-order valence-corrected chi connectivity index (χ2v) is 9.07. The molecule has 170 valence electrons. The lowest BCUT2D eigenvalue weighted by Gasteiger charge is -2.40. The molecule has 11 nitrogen and oxygen atoms in total. The Kier molecular flexibility index (Phi) is 5.41. The van der Waals surface area contributed by atoms with Gasteiger partial charge in [-0.25, -0.2) is 0 Å². The van der Waals surface area contributed by atoms with Crippen molar-refractivity contribution in [3.8, 4) is 51.7 Å². The van der Waals surface area contributed by atoms with Crippen LogP contribution in [-0.4, -0.2) is 51.9 Å². The fraction of sp³-hybridized carbons (Fsp3) is 0.0500. The van der Waals surface area contributed by atoms with Crippen molar-refractivity contribution in [3.05, 3.63) is 36.4 Å². The molecule has 32 heavy (non-hydrogen) atoms. The fourth-order valence-corrected chi connectivity index (χ4v) is 6.58. The van der Waals surface area contributed by atoms with Crippen molar-refractivity contribution in [2.24, 2.45) is 0 Å². The average molecular weight is 466 g/mol. The van der Waals surface area contributed by atoms with E-state index in [1.54, 1.807) is 0 Å². The van der Waals surface area contributed by atoms with Gasteiger partial charge in [0.25, 0.3) is 0 Å². The van der Waals surface area contributed by atoms with Crippen molar-refractivity contribution in [1.82, 2.24) is 0 Å². The Morgan fingerprint density at radius 3 is 0.969 bits per heavy atom. The van der Waals surface area contributed by atoms with Crippen molar-refractivity contribution in [3.63, 3.8) is 0 Å². The number of benzene rings is 3. The predicted octanol–water partition coefficient (Wildman–Crippen LogP) is 2.80. The van der Waals surface area contributed by atoms with Gasteiger partial charge in [-0.15, -0.1) is 0 Å². The molecule has 0 unspecified atom stereocenters. The van der Waals surface area contributed by atoms with Crippen LogP contribution in [0.1, 0.15) is 6.92 Å². The Morgan fingerprint density at radius 2 is 0.781 bits per heavy atom. The highest BCUT2D eigenvalue weighted by Crippen LogP contribution is 2.79. The van der Waals surface area contributed by atoms with Crippen molar-refractivity contribution < 1.29 is 54.9 Å². The molecule has 12 heteroatoms. The van der Waals surface area contributed by atoms with Gasteiger partial charge in [-0.3, -0.25) is 4.79 Å². The third kappa shape index (κ3) is 3.52. The van der Waals surface area contributed by atoms with E-state index in [-0.39, 0.29) is 0 Å². The van der Waals surface area contributed by atoms with Crippen LogP contribution in [0.25, 0.3) is 0 Å².